The van der Waals surface area contributed by atoms with Gasteiger partial charge in [0.05, 0.1) is 16.8 Å². The van der Waals surface area contributed by atoms with Crippen LogP contribution in [-0.4, -0.2) is 20.6 Å². The Bertz CT molecular complexity index is 955. The van der Waals surface area contributed by atoms with Gasteiger partial charge < -0.3 is 10.1 Å². The van der Waals surface area contributed by atoms with Crippen molar-refractivity contribution in [3.8, 4) is 11.8 Å². The zero-order chi connectivity index (χ0) is 16.6. The molecule has 1 aromatic heterocycles. The molecule has 0 spiro atoms. The number of aryl methyl sites for hydroxylation is 1. The molecule has 2 N–H and O–H groups in total. The lowest BCUT2D eigenvalue weighted by molar-refractivity contribution is 0.0696. The predicted octanol–water partition coefficient (Wildman–Crippen LogP) is 1.20. The molecule has 2 aromatic rings. The molecule has 22 heavy (non-hydrogen) atoms. The largest absolute Gasteiger partial charge is 0.478 e. The zero-order valence-electron chi connectivity index (χ0n) is 11.0. The first-order valence-corrected chi connectivity index (χ1v) is 6.14. The van der Waals surface area contributed by atoms with Crippen molar-refractivity contribution < 1.29 is 14.3 Å². The highest BCUT2D eigenvalue weighted by molar-refractivity contribution is 6.30. The summed E-state index contributed by atoms with van der Waals surface area (Å²) in [6.45, 7) is 1.38. The standard InChI is InChI=1S/C13H7ClFN3O4/c1-5-10(14)11(19)18(13(22)17-5)9-3-7(12(20)21)6(4-16)2-8(9)15/h2-3H,1H3,(H,17,22)(H,20,21). The lowest BCUT2D eigenvalue weighted by Crippen LogP contribution is -2.35. The smallest absolute Gasteiger partial charge is 0.337 e. The highest BCUT2D eigenvalue weighted by atomic mass is 35.5. The van der Waals surface area contributed by atoms with Crippen LogP contribution in [0.15, 0.2) is 21.7 Å². The van der Waals surface area contributed by atoms with Gasteiger partial charge in [0.25, 0.3) is 5.56 Å². The van der Waals surface area contributed by atoms with Gasteiger partial charge in [-0.25, -0.2) is 18.5 Å². The molecule has 0 saturated heterocycles. The number of halogens is 2. The molecule has 0 fully saturated rings. The van der Waals surface area contributed by atoms with Crippen molar-refractivity contribution in [3.05, 3.63) is 60.6 Å². The average molecular weight is 324 g/mol. The molecule has 0 bridgehead atoms. The number of carboxylic acid groups (broad SMARTS) is 1. The van der Waals surface area contributed by atoms with Gasteiger partial charge in [0.2, 0.25) is 0 Å². The number of aromatic amines is 1. The third kappa shape index (κ3) is 2.38. The average Bonchev–Trinajstić information content (AvgIpc) is 2.45. The van der Waals surface area contributed by atoms with Crippen LogP contribution in [0.4, 0.5) is 4.39 Å². The summed E-state index contributed by atoms with van der Waals surface area (Å²) in [7, 11) is 0. The Labute approximate surface area is 126 Å². The van der Waals surface area contributed by atoms with E-state index in [9.17, 15) is 18.8 Å². The molecule has 7 nitrogen and oxygen atoms in total. The molecule has 0 atom stereocenters. The van der Waals surface area contributed by atoms with Crippen LogP contribution in [0.5, 0.6) is 0 Å². The SMILES string of the molecule is Cc1[nH]c(=O)n(-c2cc(C(=O)O)c(C#N)cc2F)c(=O)c1Cl. The maximum absolute atomic E-state index is 14.1. The third-order valence-corrected chi connectivity index (χ3v) is 3.34. The van der Waals surface area contributed by atoms with Crippen molar-refractivity contribution in [2.45, 2.75) is 6.92 Å². The monoisotopic (exact) mass is 323 g/mol. The summed E-state index contributed by atoms with van der Waals surface area (Å²) in [5.74, 6) is -2.60. The molecule has 1 aromatic carbocycles. The first-order valence-electron chi connectivity index (χ1n) is 5.76. The number of nitriles is 1. The van der Waals surface area contributed by atoms with Crippen LogP contribution in [0.2, 0.25) is 5.02 Å². The molecule has 0 aliphatic rings. The third-order valence-electron chi connectivity index (χ3n) is 2.90. The highest BCUT2D eigenvalue weighted by Crippen LogP contribution is 2.18. The Morgan fingerprint density at radius 3 is 2.64 bits per heavy atom. The molecular formula is C13H7ClFN3O4. The van der Waals surface area contributed by atoms with Crippen LogP contribution in [-0.2, 0) is 0 Å². The van der Waals surface area contributed by atoms with Crippen LogP contribution < -0.4 is 11.2 Å². The molecule has 0 radical (unpaired) electrons. The van der Waals surface area contributed by atoms with E-state index in [1.165, 1.54) is 13.0 Å². The second kappa shape index (κ2) is 5.46. The number of hydrogen-bond acceptors (Lipinski definition) is 4. The van der Waals surface area contributed by atoms with E-state index in [1.54, 1.807) is 0 Å². The van der Waals surface area contributed by atoms with Gasteiger partial charge in [-0.2, -0.15) is 5.26 Å². The Morgan fingerprint density at radius 2 is 2.09 bits per heavy atom. The van der Waals surface area contributed by atoms with Gasteiger partial charge in [0.1, 0.15) is 16.9 Å². The minimum absolute atomic E-state index is 0.0976. The number of aromatic nitrogens is 2. The number of nitrogens with one attached hydrogen (secondary N) is 1. The lowest BCUT2D eigenvalue weighted by atomic mass is 10.1. The van der Waals surface area contributed by atoms with Crippen LogP contribution in [0, 0.1) is 24.1 Å². The van der Waals surface area contributed by atoms with E-state index in [0.29, 0.717) is 10.6 Å². The summed E-state index contributed by atoms with van der Waals surface area (Å²) < 4.78 is 14.4. The number of aromatic carboxylic acids is 1. The Balaban J connectivity index is 2.92. The highest BCUT2D eigenvalue weighted by Gasteiger charge is 2.19. The summed E-state index contributed by atoms with van der Waals surface area (Å²) in [6, 6.07) is 2.90. The van der Waals surface area contributed by atoms with Crippen molar-refractivity contribution in [1.82, 2.24) is 9.55 Å². The summed E-state index contributed by atoms with van der Waals surface area (Å²) in [6.07, 6.45) is 0. The topological polar surface area (TPSA) is 116 Å². The van der Waals surface area contributed by atoms with Gasteiger partial charge in [-0.05, 0) is 19.1 Å². The van der Waals surface area contributed by atoms with Crippen molar-refractivity contribution in [1.29, 1.82) is 5.26 Å². The second-order valence-electron chi connectivity index (χ2n) is 4.28. The van der Waals surface area contributed by atoms with Crippen LogP contribution in [0.25, 0.3) is 5.69 Å². The number of H-pyrrole nitrogens is 1. The van der Waals surface area contributed by atoms with Gasteiger partial charge in [-0.1, -0.05) is 11.6 Å². The van der Waals surface area contributed by atoms with E-state index in [0.717, 1.165) is 6.07 Å². The van der Waals surface area contributed by atoms with Crippen molar-refractivity contribution in [2.75, 3.05) is 0 Å². The fraction of sp³-hybridized carbons (Fsp3) is 0.0769. The lowest BCUT2D eigenvalue weighted by Gasteiger charge is -2.09. The summed E-state index contributed by atoms with van der Waals surface area (Å²) >= 11 is 5.72. The normalized spacial score (nSPS) is 10.3. The summed E-state index contributed by atoms with van der Waals surface area (Å²) in [5.41, 5.74) is -3.46. The van der Waals surface area contributed by atoms with Gasteiger partial charge in [0.15, 0.2) is 0 Å². The zero-order valence-corrected chi connectivity index (χ0v) is 11.7. The molecule has 112 valence electrons. The molecule has 1 heterocycles. The predicted molar refractivity (Wildman–Crippen MR) is 74.0 cm³/mol. The molecule has 0 saturated carbocycles. The molecular weight excluding hydrogens is 317 g/mol. The van der Waals surface area contributed by atoms with Crippen LogP contribution in [0.1, 0.15) is 21.6 Å². The number of benzene rings is 1. The Morgan fingerprint density at radius 1 is 1.45 bits per heavy atom. The van der Waals surface area contributed by atoms with E-state index in [4.69, 9.17) is 22.0 Å². The van der Waals surface area contributed by atoms with Gasteiger partial charge in [0, 0.05) is 5.69 Å². The Kier molecular flexibility index (Phi) is 3.84. The quantitative estimate of drug-likeness (QED) is 0.861. The second-order valence-corrected chi connectivity index (χ2v) is 4.65. The maximum Gasteiger partial charge on any atom is 0.337 e. The van der Waals surface area contributed by atoms with Gasteiger partial charge in [-0.15, -0.1) is 0 Å². The van der Waals surface area contributed by atoms with Crippen molar-refractivity contribution >= 4 is 17.6 Å². The number of carboxylic acids is 1. The summed E-state index contributed by atoms with van der Waals surface area (Å²) in [5, 5.41) is 17.5. The van der Waals surface area contributed by atoms with Gasteiger partial charge >= 0.3 is 11.7 Å². The molecule has 0 aliphatic heterocycles. The molecule has 0 amide bonds. The van der Waals surface area contributed by atoms with Gasteiger partial charge in [-0.3, -0.25) is 4.79 Å². The van der Waals surface area contributed by atoms with E-state index in [2.05, 4.69) is 4.98 Å². The van der Waals surface area contributed by atoms with Crippen molar-refractivity contribution in [2.24, 2.45) is 0 Å². The van der Waals surface area contributed by atoms with E-state index in [1.807, 2.05) is 0 Å². The molecule has 2 rings (SSSR count). The first-order chi connectivity index (χ1) is 10.3. The maximum atomic E-state index is 14.1. The Hall–Kier alpha value is -2.92. The number of nitrogens with zero attached hydrogens (tertiary/aromatic N) is 2. The fourth-order valence-electron chi connectivity index (χ4n) is 1.84. The van der Waals surface area contributed by atoms with E-state index in [-0.39, 0.29) is 10.7 Å². The number of rotatable bonds is 2. The minimum Gasteiger partial charge on any atom is -0.478 e. The summed E-state index contributed by atoms with van der Waals surface area (Å²) in [4.78, 5) is 37.2. The van der Waals surface area contributed by atoms with Crippen LogP contribution in [0.3, 0.4) is 0 Å². The minimum atomic E-state index is -1.50. The van der Waals surface area contributed by atoms with Crippen LogP contribution >= 0.6 is 11.6 Å². The molecule has 9 heteroatoms. The van der Waals surface area contributed by atoms with E-state index < -0.39 is 39.8 Å². The number of carbonyl (C=O) groups is 1. The van der Waals surface area contributed by atoms with E-state index >= 15 is 0 Å². The molecule has 0 unspecified atom stereocenters. The fourth-order valence-corrected chi connectivity index (χ4v) is 1.98. The first kappa shape index (κ1) is 15.5. The molecule has 0 aliphatic carbocycles. The van der Waals surface area contributed by atoms with Crippen molar-refractivity contribution in [3.63, 3.8) is 0 Å². The number of hydrogen-bond donors (Lipinski definition) is 2.